The quantitative estimate of drug-likeness (QED) is 0.0954. The minimum Gasteiger partial charge on any atom is -0.445 e. The average Bonchev–Trinajstić information content (AvgIpc) is 4.05. The van der Waals surface area contributed by atoms with Crippen molar-refractivity contribution in [2.45, 2.75) is 70.7 Å². The van der Waals surface area contributed by atoms with Crippen molar-refractivity contribution in [1.29, 1.82) is 0 Å². The van der Waals surface area contributed by atoms with Gasteiger partial charge in [0.25, 0.3) is 0 Å². The number of alkyl carbamates (subject to hydrolysis) is 1. The van der Waals surface area contributed by atoms with Crippen LogP contribution in [0.1, 0.15) is 74.6 Å². The number of fused-ring (bicyclic) bond motifs is 8. The highest BCUT2D eigenvalue weighted by Gasteiger charge is 2.57. The number of carbonyl (C=O) groups is 4. The van der Waals surface area contributed by atoms with Gasteiger partial charge in [0.2, 0.25) is 23.6 Å². The molecule has 10 rings (SSSR count). The van der Waals surface area contributed by atoms with Crippen LogP contribution in [-0.4, -0.2) is 50.7 Å². The molecule has 6 heterocycles. The maximum Gasteiger partial charge on any atom is 0.514 e. The van der Waals surface area contributed by atoms with Crippen LogP contribution >= 0.6 is 0 Å². The molecule has 4 aromatic carbocycles. The van der Waals surface area contributed by atoms with E-state index in [0.29, 0.717) is 28.1 Å². The molecule has 3 aliphatic heterocycles. The Morgan fingerprint density at radius 3 is 2.52 bits per heavy atom. The maximum atomic E-state index is 15.6. The van der Waals surface area contributed by atoms with Crippen molar-refractivity contribution in [3.8, 4) is 39.8 Å². The summed E-state index contributed by atoms with van der Waals surface area (Å²) in [5, 5.41) is 9.88. The second-order valence-electron chi connectivity index (χ2n) is 17.2. The van der Waals surface area contributed by atoms with E-state index in [4.69, 9.17) is 33.0 Å². The molecule has 1 spiro atoms. The zero-order valence-electron chi connectivity index (χ0n) is 35.0. The fourth-order valence-electron chi connectivity index (χ4n) is 8.72. The third kappa shape index (κ3) is 6.67. The van der Waals surface area contributed by atoms with Gasteiger partial charge in [-0.25, -0.2) is 19.6 Å². The molecule has 63 heavy (non-hydrogen) atoms. The summed E-state index contributed by atoms with van der Waals surface area (Å²) in [5.74, 6) is -0.945. The molecular formula is C48H42N6O9. The van der Waals surface area contributed by atoms with E-state index in [1.807, 2.05) is 86.8 Å². The van der Waals surface area contributed by atoms with Gasteiger partial charge in [-0.15, -0.1) is 0 Å². The Balaban J connectivity index is 1.24. The van der Waals surface area contributed by atoms with E-state index in [-0.39, 0.29) is 53.5 Å². The molecule has 0 saturated heterocycles. The number of aromatic nitrogens is 3. The first-order valence-electron chi connectivity index (χ1n) is 20.6. The summed E-state index contributed by atoms with van der Waals surface area (Å²) < 4.78 is 30.7. The van der Waals surface area contributed by atoms with E-state index in [1.54, 1.807) is 39.1 Å². The lowest BCUT2D eigenvalue weighted by atomic mass is 9.71. The zero-order chi connectivity index (χ0) is 43.8. The highest BCUT2D eigenvalue weighted by molar-refractivity contribution is 6.17. The van der Waals surface area contributed by atoms with Crippen LogP contribution in [0, 0.1) is 5.92 Å². The molecular weight excluding hydrogens is 805 g/mol. The molecule has 3 amide bonds. The van der Waals surface area contributed by atoms with Crippen LogP contribution in [0.4, 0.5) is 15.3 Å². The van der Waals surface area contributed by atoms with Crippen LogP contribution in [0.3, 0.4) is 0 Å². The highest BCUT2D eigenvalue weighted by Crippen LogP contribution is 2.56. The molecule has 15 nitrogen and oxygen atoms in total. The molecule has 4 N–H and O–H groups in total. The van der Waals surface area contributed by atoms with Gasteiger partial charge in [-0.1, -0.05) is 86.6 Å². The van der Waals surface area contributed by atoms with Gasteiger partial charge in [0.1, 0.15) is 30.0 Å². The van der Waals surface area contributed by atoms with Crippen molar-refractivity contribution in [2.75, 3.05) is 5.32 Å². The van der Waals surface area contributed by atoms with Crippen molar-refractivity contribution >= 4 is 40.7 Å². The van der Waals surface area contributed by atoms with Gasteiger partial charge in [-0.2, -0.15) is 0 Å². The molecule has 15 heteroatoms. The van der Waals surface area contributed by atoms with Crippen molar-refractivity contribution in [3.05, 3.63) is 131 Å². The average molecular weight is 847 g/mol. The van der Waals surface area contributed by atoms with Crippen molar-refractivity contribution in [3.63, 3.8) is 0 Å². The number of rotatable bonds is 5. The molecule has 0 fully saturated rings. The van der Waals surface area contributed by atoms with E-state index >= 15 is 4.79 Å². The number of H-pyrrole nitrogens is 1. The van der Waals surface area contributed by atoms with Crippen LogP contribution in [-0.2, 0) is 37.5 Å². The summed E-state index contributed by atoms with van der Waals surface area (Å²) in [6, 6.07) is 23.4. The van der Waals surface area contributed by atoms with Gasteiger partial charge < -0.3 is 44.0 Å². The molecule has 318 valence electrons. The van der Waals surface area contributed by atoms with Gasteiger partial charge >= 0.3 is 12.2 Å². The number of hydrogen-bond acceptors (Lipinski definition) is 11. The Labute approximate surface area is 360 Å². The first kappa shape index (κ1) is 39.5. The lowest BCUT2D eigenvalue weighted by Gasteiger charge is -2.30. The predicted octanol–water partition coefficient (Wildman–Crippen LogP) is 8.72. The number of carbonyl (C=O) groups excluding carboxylic acids is 4. The predicted molar refractivity (Wildman–Crippen MR) is 230 cm³/mol. The SMILES string of the molecule is CC(C)[C@@H]1NC(=O)[C@@H](NC(=O)OCc2ccccc2)Cc2ccc(OC(=O)OC(C)(C)C)c(c2)[C@@]23C(=O)Nc4c(cccc42)-c2cccc4[nH]cc(c24)-c2cnc(o2)-c2nc1oc23. The molecule has 7 aromatic rings. The van der Waals surface area contributed by atoms with Crippen LogP contribution in [0.2, 0.25) is 0 Å². The first-order chi connectivity index (χ1) is 30.3. The standard InChI is InChI=1S/C48H42N6O9/c1-24(2)37-43-53-39-40(62-43)48(30-15-9-14-28(38(30)54-44(48)56)27-13-10-16-32-36(27)29(21-49-32)35-22-50-42(39)60-35)31-19-26(17-18-34(31)61-46(58)63-47(3,4)5)20-33(41(55)52-37)51-45(57)59-23-25-11-7-6-8-12-25/h6-19,21-22,24,33,37,49H,20,23H2,1-5H3,(H,51,57)(H,52,55)(H,54,56)/t33-,37-,48-/m0/s1. The summed E-state index contributed by atoms with van der Waals surface area (Å²) in [5.41, 5.74) is 2.66. The number of benzene rings is 4. The minimum atomic E-state index is -1.94. The van der Waals surface area contributed by atoms with Crippen molar-refractivity contribution < 1.29 is 42.2 Å². The molecule has 0 radical (unpaired) electrons. The summed E-state index contributed by atoms with van der Waals surface area (Å²) in [4.78, 5) is 70.2. The fourth-order valence-corrected chi connectivity index (χ4v) is 8.72. The van der Waals surface area contributed by atoms with Gasteiger partial charge in [0.15, 0.2) is 22.6 Å². The topological polar surface area (TPSA) is 200 Å². The van der Waals surface area contributed by atoms with Gasteiger partial charge in [-0.3, -0.25) is 9.59 Å². The molecule has 3 aromatic heterocycles. The van der Waals surface area contributed by atoms with E-state index in [0.717, 1.165) is 27.6 Å². The fraction of sp³-hybridized carbons (Fsp3) is 0.250. The molecule has 3 aliphatic rings. The summed E-state index contributed by atoms with van der Waals surface area (Å²) in [6.45, 7) is 8.86. The second kappa shape index (κ2) is 14.8. The summed E-state index contributed by atoms with van der Waals surface area (Å²) in [7, 11) is 0. The number of nitrogens with zero attached hydrogens (tertiary/aromatic N) is 2. The number of aromatic amines is 1. The monoisotopic (exact) mass is 846 g/mol. The van der Waals surface area contributed by atoms with Crippen molar-refractivity contribution in [1.82, 2.24) is 25.6 Å². The number of para-hydroxylation sites is 1. The molecule has 3 atom stereocenters. The van der Waals surface area contributed by atoms with Gasteiger partial charge in [0, 0.05) is 45.8 Å². The number of anilines is 1. The minimum absolute atomic E-state index is 0.0122. The lowest BCUT2D eigenvalue weighted by Crippen LogP contribution is -2.49. The Morgan fingerprint density at radius 2 is 1.73 bits per heavy atom. The highest BCUT2D eigenvalue weighted by atomic mass is 16.7. The maximum absolute atomic E-state index is 15.6. The van der Waals surface area contributed by atoms with E-state index in [1.165, 1.54) is 6.07 Å². The first-order valence-corrected chi connectivity index (χ1v) is 20.6. The summed E-state index contributed by atoms with van der Waals surface area (Å²) >= 11 is 0. The summed E-state index contributed by atoms with van der Waals surface area (Å²) in [6.07, 6.45) is 1.53. The largest absolute Gasteiger partial charge is 0.514 e. The Bertz CT molecular complexity index is 3000. The third-order valence-corrected chi connectivity index (χ3v) is 11.5. The van der Waals surface area contributed by atoms with E-state index in [9.17, 15) is 14.4 Å². The van der Waals surface area contributed by atoms with E-state index < -0.39 is 47.2 Å². The van der Waals surface area contributed by atoms with Crippen molar-refractivity contribution in [2.24, 2.45) is 5.92 Å². The van der Waals surface area contributed by atoms with Crippen LogP contribution in [0.15, 0.2) is 106 Å². The number of amides is 3. The Hall–Kier alpha value is -7.68. The second-order valence-corrected chi connectivity index (χ2v) is 17.2. The number of ether oxygens (including phenoxy) is 3. The molecule has 0 saturated carbocycles. The normalized spacial score (nSPS) is 18.6. The lowest BCUT2D eigenvalue weighted by molar-refractivity contribution is -0.124. The van der Waals surface area contributed by atoms with Crippen LogP contribution < -0.4 is 20.7 Å². The Morgan fingerprint density at radius 1 is 0.937 bits per heavy atom. The Kier molecular flexibility index (Phi) is 9.24. The molecule has 0 unspecified atom stereocenters. The van der Waals surface area contributed by atoms with Crippen LogP contribution in [0.5, 0.6) is 5.75 Å². The third-order valence-electron chi connectivity index (χ3n) is 11.5. The van der Waals surface area contributed by atoms with Gasteiger partial charge in [-0.05, 0) is 55.5 Å². The molecule has 0 aliphatic carbocycles. The molecule has 10 bridgehead atoms. The number of hydrogen-bond donors (Lipinski definition) is 4. The number of oxazole rings is 2. The van der Waals surface area contributed by atoms with E-state index in [2.05, 4.69) is 20.9 Å². The number of nitrogens with one attached hydrogen (secondary N) is 4. The zero-order valence-corrected chi connectivity index (χ0v) is 35.0. The van der Waals surface area contributed by atoms with Gasteiger partial charge in [0.05, 0.1) is 11.9 Å². The smallest absolute Gasteiger partial charge is 0.445 e. The van der Waals surface area contributed by atoms with Crippen LogP contribution in [0.25, 0.3) is 44.9 Å².